The molecule has 1 aliphatic rings. The maximum Gasteiger partial charge on any atom is 0.157 e. The standard InChI is InChI=1S/C9H10N2S2/c1-5-4-12-8-7(5)13-11-9(8)10-6-2-3-6/h4,6H,2-3H2,1H3,(H,10,11). The molecule has 0 radical (unpaired) electrons. The first-order valence-corrected chi connectivity index (χ1v) is 6.10. The zero-order valence-corrected chi connectivity index (χ0v) is 8.97. The molecule has 2 aromatic heterocycles. The Labute approximate surface area is 84.8 Å². The lowest BCUT2D eigenvalue weighted by Gasteiger charge is -1.96. The van der Waals surface area contributed by atoms with E-state index in [2.05, 4.69) is 22.0 Å². The van der Waals surface area contributed by atoms with E-state index in [9.17, 15) is 0 Å². The highest BCUT2D eigenvalue weighted by atomic mass is 32.1. The van der Waals surface area contributed by atoms with Crippen molar-refractivity contribution in [1.29, 1.82) is 0 Å². The molecule has 0 spiro atoms. The first kappa shape index (κ1) is 7.76. The summed E-state index contributed by atoms with van der Waals surface area (Å²) in [5.41, 5.74) is 1.36. The third-order valence-electron chi connectivity index (χ3n) is 2.28. The molecule has 2 aromatic rings. The van der Waals surface area contributed by atoms with Gasteiger partial charge in [-0.25, -0.2) is 0 Å². The molecule has 0 unspecified atom stereocenters. The van der Waals surface area contributed by atoms with E-state index in [-0.39, 0.29) is 0 Å². The Morgan fingerprint density at radius 2 is 2.31 bits per heavy atom. The minimum absolute atomic E-state index is 0.702. The number of fused-ring (bicyclic) bond motifs is 1. The lowest BCUT2D eigenvalue weighted by Crippen LogP contribution is -2.00. The van der Waals surface area contributed by atoms with Crippen molar-refractivity contribution in [1.82, 2.24) is 4.37 Å². The summed E-state index contributed by atoms with van der Waals surface area (Å²) < 4.78 is 7.13. The third kappa shape index (κ3) is 1.25. The van der Waals surface area contributed by atoms with Gasteiger partial charge in [-0.1, -0.05) is 0 Å². The Bertz CT molecular complexity index is 439. The number of anilines is 1. The van der Waals surface area contributed by atoms with Crippen LogP contribution in [0.1, 0.15) is 18.4 Å². The van der Waals surface area contributed by atoms with Gasteiger partial charge in [0, 0.05) is 6.04 Å². The Morgan fingerprint density at radius 1 is 1.46 bits per heavy atom. The predicted molar refractivity (Wildman–Crippen MR) is 58.9 cm³/mol. The fraction of sp³-hybridized carbons (Fsp3) is 0.444. The van der Waals surface area contributed by atoms with Crippen LogP contribution in [-0.2, 0) is 0 Å². The number of hydrogen-bond acceptors (Lipinski definition) is 4. The van der Waals surface area contributed by atoms with Crippen LogP contribution in [0.25, 0.3) is 9.40 Å². The van der Waals surface area contributed by atoms with E-state index < -0.39 is 0 Å². The van der Waals surface area contributed by atoms with Crippen LogP contribution in [0, 0.1) is 6.92 Å². The average molecular weight is 210 g/mol. The summed E-state index contributed by atoms with van der Waals surface area (Å²) in [6, 6.07) is 0.702. The molecule has 0 saturated heterocycles. The van der Waals surface area contributed by atoms with Crippen molar-refractivity contribution in [2.24, 2.45) is 0 Å². The van der Waals surface area contributed by atoms with Gasteiger partial charge < -0.3 is 5.32 Å². The van der Waals surface area contributed by atoms with Gasteiger partial charge in [0.05, 0.1) is 9.40 Å². The van der Waals surface area contributed by atoms with E-state index in [1.807, 2.05) is 0 Å². The fourth-order valence-electron chi connectivity index (χ4n) is 1.36. The quantitative estimate of drug-likeness (QED) is 0.823. The van der Waals surface area contributed by atoms with Crippen LogP contribution >= 0.6 is 22.9 Å². The maximum absolute atomic E-state index is 4.44. The minimum atomic E-state index is 0.702. The van der Waals surface area contributed by atoms with Gasteiger partial charge >= 0.3 is 0 Å². The first-order valence-electron chi connectivity index (χ1n) is 4.44. The van der Waals surface area contributed by atoms with Crippen molar-refractivity contribution in [3.63, 3.8) is 0 Å². The normalized spacial score (nSPS) is 16.7. The molecule has 0 aliphatic heterocycles. The summed E-state index contributed by atoms with van der Waals surface area (Å²) in [6.45, 7) is 2.15. The third-order valence-corrected chi connectivity index (χ3v) is 4.50. The summed E-state index contributed by atoms with van der Waals surface area (Å²) in [6.07, 6.45) is 2.62. The molecule has 1 N–H and O–H groups in total. The van der Waals surface area contributed by atoms with Crippen molar-refractivity contribution < 1.29 is 0 Å². The number of hydrogen-bond donors (Lipinski definition) is 1. The van der Waals surface area contributed by atoms with Crippen molar-refractivity contribution >= 4 is 38.1 Å². The molecule has 1 saturated carbocycles. The van der Waals surface area contributed by atoms with Crippen molar-refractivity contribution in [2.45, 2.75) is 25.8 Å². The molecular formula is C9H10N2S2. The molecular weight excluding hydrogens is 200 g/mol. The Balaban J connectivity index is 2.06. The van der Waals surface area contributed by atoms with Gasteiger partial charge in [-0.3, -0.25) is 0 Å². The summed E-state index contributed by atoms with van der Waals surface area (Å²) >= 11 is 3.42. The second kappa shape index (κ2) is 2.69. The van der Waals surface area contributed by atoms with Crippen LogP contribution in [0.5, 0.6) is 0 Å². The number of nitrogens with zero attached hydrogens (tertiary/aromatic N) is 1. The first-order chi connectivity index (χ1) is 6.34. The van der Waals surface area contributed by atoms with E-state index >= 15 is 0 Å². The summed E-state index contributed by atoms with van der Waals surface area (Å²) in [7, 11) is 0. The lowest BCUT2D eigenvalue weighted by atomic mass is 10.3. The molecule has 0 aromatic carbocycles. The average Bonchev–Trinajstić information content (AvgIpc) is 2.72. The van der Waals surface area contributed by atoms with Crippen molar-refractivity contribution in [3.8, 4) is 0 Å². The molecule has 4 heteroatoms. The number of thiophene rings is 1. The number of aromatic nitrogens is 1. The zero-order valence-electron chi connectivity index (χ0n) is 7.33. The monoisotopic (exact) mass is 210 g/mol. The van der Waals surface area contributed by atoms with Gasteiger partial charge in [-0.2, -0.15) is 4.37 Å². The zero-order chi connectivity index (χ0) is 8.84. The van der Waals surface area contributed by atoms with Crippen molar-refractivity contribution in [2.75, 3.05) is 5.32 Å². The van der Waals surface area contributed by atoms with Crippen LogP contribution in [0.3, 0.4) is 0 Å². The minimum Gasteiger partial charge on any atom is -0.365 e. The topological polar surface area (TPSA) is 24.9 Å². The van der Waals surface area contributed by atoms with Gasteiger partial charge in [-0.05, 0) is 42.2 Å². The van der Waals surface area contributed by atoms with E-state index in [1.165, 1.54) is 27.8 Å². The Hall–Kier alpha value is -0.610. The van der Waals surface area contributed by atoms with Gasteiger partial charge in [0.25, 0.3) is 0 Å². The van der Waals surface area contributed by atoms with Crippen molar-refractivity contribution in [3.05, 3.63) is 10.9 Å². The predicted octanol–water partition coefficient (Wildman–Crippen LogP) is 3.24. The molecule has 1 aliphatic carbocycles. The lowest BCUT2D eigenvalue weighted by molar-refractivity contribution is 1.15. The van der Waals surface area contributed by atoms with Crippen LogP contribution in [0.15, 0.2) is 5.38 Å². The highest BCUT2D eigenvalue weighted by Crippen LogP contribution is 2.36. The van der Waals surface area contributed by atoms with E-state index in [4.69, 9.17) is 0 Å². The molecule has 68 valence electrons. The molecule has 0 bridgehead atoms. The fourth-order valence-corrected chi connectivity index (χ4v) is 3.35. The maximum atomic E-state index is 4.44. The highest BCUT2D eigenvalue weighted by Gasteiger charge is 2.23. The summed E-state index contributed by atoms with van der Waals surface area (Å²) in [4.78, 5) is 0. The summed E-state index contributed by atoms with van der Waals surface area (Å²) in [5.74, 6) is 1.11. The van der Waals surface area contributed by atoms with E-state index in [1.54, 1.807) is 22.9 Å². The van der Waals surface area contributed by atoms with Crippen LogP contribution in [0.2, 0.25) is 0 Å². The number of nitrogens with one attached hydrogen (secondary N) is 1. The van der Waals surface area contributed by atoms with Gasteiger partial charge in [0.15, 0.2) is 5.82 Å². The molecule has 13 heavy (non-hydrogen) atoms. The molecule has 1 fully saturated rings. The number of aryl methyl sites for hydroxylation is 1. The van der Waals surface area contributed by atoms with Crippen LogP contribution in [-0.4, -0.2) is 10.4 Å². The second-order valence-corrected chi connectivity index (χ2v) is 5.18. The molecule has 2 heterocycles. The van der Waals surface area contributed by atoms with Crippen LogP contribution < -0.4 is 5.32 Å². The van der Waals surface area contributed by atoms with Gasteiger partial charge in [0.1, 0.15) is 0 Å². The number of rotatable bonds is 2. The van der Waals surface area contributed by atoms with Crippen LogP contribution in [0.4, 0.5) is 5.82 Å². The largest absolute Gasteiger partial charge is 0.365 e. The van der Waals surface area contributed by atoms with Gasteiger partial charge in [0.2, 0.25) is 0 Å². The Kier molecular flexibility index (Phi) is 1.60. The van der Waals surface area contributed by atoms with Gasteiger partial charge in [-0.15, -0.1) is 11.3 Å². The molecule has 2 nitrogen and oxygen atoms in total. The smallest absolute Gasteiger partial charge is 0.157 e. The molecule has 0 amide bonds. The van der Waals surface area contributed by atoms with E-state index in [0.29, 0.717) is 6.04 Å². The Morgan fingerprint density at radius 3 is 3.08 bits per heavy atom. The van der Waals surface area contributed by atoms with E-state index in [0.717, 1.165) is 5.82 Å². The second-order valence-electron chi connectivity index (χ2n) is 3.53. The molecule has 3 rings (SSSR count). The highest BCUT2D eigenvalue weighted by molar-refractivity contribution is 7.25. The molecule has 0 atom stereocenters. The summed E-state index contributed by atoms with van der Waals surface area (Å²) in [5, 5.41) is 5.67. The SMILES string of the molecule is Cc1csc2c(NC3CC3)nsc12.